The van der Waals surface area contributed by atoms with E-state index >= 15 is 0 Å². The van der Waals surface area contributed by atoms with Gasteiger partial charge in [-0.2, -0.15) is 14.9 Å². The van der Waals surface area contributed by atoms with Gasteiger partial charge in [0.05, 0.1) is 24.7 Å². The molecule has 8 nitrogen and oxygen atoms in total. The van der Waals surface area contributed by atoms with Crippen LogP contribution in [0.3, 0.4) is 0 Å². The molecule has 0 spiro atoms. The molecule has 1 saturated heterocycles. The Bertz CT molecular complexity index is 1330. The highest BCUT2D eigenvalue weighted by Crippen LogP contribution is 2.26. The molecule has 3 heterocycles. The quantitative estimate of drug-likeness (QED) is 0.310. The number of piperazine rings is 1. The van der Waals surface area contributed by atoms with Crippen molar-refractivity contribution < 1.29 is 4.74 Å². The fourth-order valence-electron chi connectivity index (χ4n) is 4.70. The second kappa shape index (κ2) is 11.9. The van der Waals surface area contributed by atoms with E-state index in [9.17, 15) is 4.79 Å². The second-order valence-electron chi connectivity index (χ2n) is 9.32. The van der Waals surface area contributed by atoms with E-state index in [0.717, 1.165) is 63.5 Å². The third-order valence-electron chi connectivity index (χ3n) is 6.74. The van der Waals surface area contributed by atoms with Crippen LogP contribution in [0, 0.1) is 0 Å². The predicted octanol–water partition coefficient (Wildman–Crippen LogP) is 3.78. The SMILES string of the molecule is CCn1cc(CN2CCN(c3cnn(-c4ccccc4)c(=O)c3OCCCc3ccccc3)CC2)cn1. The van der Waals surface area contributed by atoms with Gasteiger partial charge in [-0.25, -0.2) is 0 Å². The van der Waals surface area contributed by atoms with Gasteiger partial charge < -0.3 is 9.64 Å². The predicted molar refractivity (Wildman–Crippen MR) is 145 cm³/mol. The van der Waals surface area contributed by atoms with E-state index in [1.165, 1.54) is 15.8 Å². The van der Waals surface area contributed by atoms with Crippen LogP contribution in [0.1, 0.15) is 24.5 Å². The van der Waals surface area contributed by atoms with E-state index in [2.05, 4.69) is 45.3 Å². The van der Waals surface area contributed by atoms with Crippen molar-refractivity contribution in [1.29, 1.82) is 0 Å². The summed E-state index contributed by atoms with van der Waals surface area (Å²) in [7, 11) is 0. The van der Waals surface area contributed by atoms with Gasteiger partial charge in [-0.05, 0) is 37.5 Å². The molecule has 0 aliphatic carbocycles. The van der Waals surface area contributed by atoms with Crippen molar-refractivity contribution in [1.82, 2.24) is 24.5 Å². The van der Waals surface area contributed by atoms with Gasteiger partial charge in [0.1, 0.15) is 5.69 Å². The van der Waals surface area contributed by atoms with Gasteiger partial charge in [-0.1, -0.05) is 48.5 Å². The summed E-state index contributed by atoms with van der Waals surface area (Å²) in [5, 5.41) is 8.91. The van der Waals surface area contributed by atoms with Crippen LogP contribution in [0.15, 0.2) is 84.0 Å². The molecule has 1 fully saturated rings. The van der Waals surface area contributed by atoms with Gasteiger partial charge in [0.25, 0.3) is 0 Å². The maximum atomic E-state index is 13.6. The third-order valence-corrected chi connectivity index (χ3v) is 6.74. The molecular formula is C29H34N6O2. The summed E-state index contributed by atoms with van der Waals surface area (Å²) in [6, 6.07) is 19.8. The van der Waals surface area contributed by atoms with Gasteiger partial charge in [0.15, 0.2) is 0 Å². The molecule has 1 aliphatic heterocycles. The normalized spacial score (nSPS) is 14.1. The Balaban J connectivity index is 1.30. The molecule has 0 saturated carbocycles. The lowest BCUT2D eigenvalue weighted by molar-refractivity contribution is 0.247. The molecule has 2 aromatic carbocycles. The molecule has 1 aliphatic rings. The number of anilines is 1. The van der Waals surface area contributed by atoms with Crippen LogP contribution in [-0.4, -0.2) is 57.2 Å². The number of aromatic nitrogens is 4. The van der Waals surface area contributed by atoms with Crippen LogP contribution in [0.25, 0.3) is 5.69 Å². The zero-order valence-electron chi connectivity index (χ0n) is 21.4. The molecule has 2 aromatic heterocycles. The Hall–Kier alpha value is -3.91. The minimum atomic E-state index is -0.224. The average molecular weight is 499 g/mol. The summed E-state index contributed by atoms with van der Waals surface area (Å²) in [6.45, 7) is 7.72. The van der Waals surface area contributed by atoms with Gasteiger partial charge in [0, 0.05) is 51.0 Å². The number of ether oxygens (including phenoxy) is 1. The molecule has 0 amide bonds. The molecule has 0 radical (unpaired) electrons. The van der Waals surface area contributed by atoms with Gasteiger partial charge in [-0.3, -0.25) is 14.4 Å². The van der Waals surface area contributed by atoms with Crippen molar-refractivity contribution in [3.8, 4) is 11.4 Å². The van der Waals surface area contributed by atoms with E-state index in [-0.39, 0.29) is 5.56 Å². The van der Waals surface area contributed by atoms with Gasteiger partial charge >= 0.3 is 5.56 Å². The Morgan fingerprint density at radius 3 is 2.30 bits per heavy atom. The van der Waals surface area contributed by atoms with Crippen LogP contribution in [0.4, 0.5) is 5.69 Å². The maximum Gasteiger partial charge on any atom is 0.316 e. The number of para-hydroxylation sites is 1. The van der Waals surface area contributed by atoms with E-state index in [1.807, 2.05) is 59.4 Å². The monoisotopic (exact) mass is 498 g/mol. The van der Waals surface area contributed by atoms with Crippen LogP contribution >= 0.6 is 0 Å². The zero-order valence-corrected chi connectivity index (χ0v) is 21.4. The first-order valence-corrected chi connectivity index (χ1v) is 13.0. The van der Waals surface area contributed by atoms with E-state index in [1.54, 1.807) is 6.20 Å². The van der Waals surface area contributed by atoms with Crippen LogP contribution in [-0.2, 0) is 19.5 Å². The topological polar surface area (TPSA) is 68.4 Å². The smallest absolute Gasteiger partial charge is 0.316 e. The summed E-state index contributed by atoms with van der Waals surface area (Å²) in [5.41, 5.74) is 3.77. The first kappa shape index (κ1) is 24.8. The molecule has 192 valence electrons. The first-order valence-electron chi connectivity index (χ1n) is 13.0. The average Bonchev–Trinajstić information content (AvgIpc) is 3.41. The Morgan fingerprint density at radius 1 is 0.865 bits per heavy atom. The second-order valence-corrected chi connectivity index (χ2v) is 9.32. The Morgan fingerprint density at radius 2 is 1.59 bits per heavy atom. The van der Waals surface area contributed by atoms with Crippen molar-refractivity contribution in [3.05, 3.63) is 101 Å². The standard InChI is InChI=1S/C29H34N6O2/c1-2-34-23-25(20-30-34)22-32-15-17-33(18-16-32)27-21-31-35(26-13-7-4-8-14-26)29(36)28(27)37-19-9-12-24-10-5-3-6-11-24/h3-8,10-11,13-14,20-21,23H,2,9,12,15-19,22H2,1H3. The fraction of sp³-hybridized carbons (Fsp3) is 0.345. The fourth-order valence-corrected chi connectivity index (χ4v) is 4.70. The lowest BCUT2D eigenvalue weighted by Crippen LogP contribution is -2.46. The molecule has 0 atom stereocenters. The molecule has 0 N–H and O–H groups in total. The van der Waals surface area contributed by atoms with Crippen molar-refractivity contribution in [2.75, 3.05) is 37.7 Å². The Labute approximate surface area is 217 Å². The number of hydrogen-bond donors (Lipinski definition) is 0. The lowest BCUT2D eigenvalue weighted by atomic mass is 10.1. The van der Waals surface area contributed by atoms with Crippen LogP contribution in [0.2, 0.25) is 0 Å². The number of nitrogens with zero attached hydrogens (tertiary/aromatic N) is 6. The number of benzene rings is 2. The maximum absolute atomic E-state index is 13.6. The van der Waals surface area contributed by atoms with Crippen molar-refractivity contribution in [3.63, 3.8) is 0 Å². The molecule has 0 unspecified atom stereocenters. The summed E-state index contributed by atoms with van der Waals surface area (Å²) in [4.78, 5) is 18.2. The van der Waals surface area contributed by atoms with Crippen LogP contribution < -0.4 is 15.2 Å². The van der Waals surface area contributed by atoms with Crippen LogP contribution in [0.5, 0.6) is 5.75 Å². The minimum Gasteiger partial charge on any atom is -0.486 e. The summed E-state index contributed by atoms with van der Waals surface area (Å²) in [6.07, 6.45) is 7.57. The molecule has 5 rings (SSSR count). The summed E-state index contributed by atoms with van der Waals surface area (Å²) in [5.74, 6) is 0.379. The highest BCUT2D eigenvalue weighted by Gasteiger charge is 2.24. The number of hydrogen-bond acceptors (Lipinski definition) is 6. The minimum absolute atomic E-state index is 0.224. The molecule has 0 bridgehead atoms. The number of aryl methyl sites for hydroxylation is 2. The summed E-state index contributed by atoms with van der Waals surface area (Å²) >= 11 is 0. The van der Waals surface area contributed by atoms with E-state index < -0.39 is 0 Å². The van der Waals surface area contributed by atoms with Gasteiger partial charge in [0.2, 0.25) is 5.75 Å². The molecule has 37 heavy (non-hydrogen) atoms. The van der Waals surface area contributed by atoms with Crippen molar-refractivity contribution in [2.24, 2.45) is 0 Å². The highest BCUT2D eigenvalue weighted by molar-refractivity contribution is 5.57. The molecule has 8 heteroatoms. The van der Waals surface area contributed by atoms with Crippen molar-refractivity contribution in [2.45, 2.75) is 32.9 Å². The zero-order chi connectivity index (χ0) is 25.5. The number of rotatable bonds is 10. The molecule has 4 aromatic rings. The third kappa shape index (κ3) is 6.09. The van der Waals surface area contributed by atoms with E-state index in [0.29, 0.717) is 12.4 Å². The highest BCUT2D eigenvalue weighted by atomic mass is 16.5. The summed E-state index contributed by atoms with van der Waals surface area (Å²) < 4.78 is 9.59. The molecular weight excluding hydrogens is 464 g/mol. The Kier molecular flexibility index (Phi) is 7.96. The first-order chi connectivity index (χ1) is 18.2. The van der Waals surface area contributed by atoms with Crippen molar-refractivity contribution >= 4 is 5.69 Å². The lowest BCUT2D eigenvalue weighted by Gasteiger charge is -2.36. The van der Waals surface area contributed by atoms with E-state index in [4.69, 9.17) is 4.74 Å². The van der Waals surface area contributed by atoms with Gasteiger partial charge in [-0.15, -0.1) is 0 Å². The largest absolute Gasteiger partial charge is 0.486 e.